The van der Waals surface area contributed by atoms with E-state index in [0.29, 0.717) is 23.7 Å². The van der Waals surface area contributed by atoms with Crippen LogP contribution in [0.5, 0.6) is 0 Å². The van der Waals surface area contributed by atoms with Gasteiger partial charge in [-0.2, -0.15) is 0 Å². The van der Waals surface area contributed by atoms with Gasteiger partial charge in [0.25, 0.3) is 0 Å². The maximum absolute atomic E-state index is 10.5. The van der Waals surface area contributed by atoms with Gasteiger partial charge in [0.2, 0.25) is 0 Å². The van der Waals surface area contributed by atoms with E-state index in [4.69, 9.17) is 10.8 Å². The summed E-state index contributed by atoms with van der Waals surface area (Å²) in [4.78, 5) is 4.06. The predicted octanol–water partition coefficient (Wildman–Crippen LogP) is 2.25. The number of hydrogen-bond acceptors (Lipinski definition) is 7. The first-order valence-electron chi connectivity index (χ1n) is 10.9. The summed E-state index contributed by atoms with van der Waals surface area (Å²) in [5.41, 5.74) is 0.971. The van der Waals surface area contributed by atoms with E-state index in [1.54, 1.807) is 0 Å². The lowest BCUT2D eigenvalue weighted by Gasteiger charge is -2.41. The summed E-state index contributed by atoms with van der Waals surface area (Å²) in [6, 6.07) is 1.09. The van der Waals surface area contributed by atoms with E-state index in [-0.39, 0.29) is 17.1 Å². The Labute approximate surface area is 179 Å². The van der Waals surface area contributed by atoms with Crippen molar-refractivity contribution in [2.24, 2.45) is 11.8 Å². The van der Waals surface area contributed by atoms with Gasteiger partial charge in [-0.3, -0.25) is 16.1 Å². The highest BCUT2D eigenvalue weighted by molar-refractivity contribution is 8.26. The molecule has 5 unspecified atom stereocenters. The summed E-state index contributed by atoms with van der Waals surface area (Å²) >= 11 is 1.03. The van der Waals surface area contributed by atoms with Gasteiger partial charge >= 0.3 is 0 Å². The Kier molecular flexibility index (Phi) is 7.64. The van der Waals surface area contributed by atoms with Crippen molar-refractivity contribution in [1.82, 2.24) is 20.4 Å². The zero-order valence-corrected chi connectivity index (χ0v) is 18.9. The molecule has 2 heterocycles. The van der Waals surface area contributed by atoms with E-state index in [9.17, 15) is 5.11 Å². The van der Waals surface area contributed by atoms with Crippen molar-refractivity contribution in [3.8, 4) is 0 Å². The van der Waals surface area contributed by atoms with E-state index in [2.05, 4.69) is 36.0 Å². The van der Waals surface area contributed by atoms with Crippen LogP contribution in [0, 0.1) is 22.7 Å². The Morgan fingerprint density at radius 3 is 2.83 bits per heavy atom. The van der Waals surface area contributed by atoms with Crippen molar-refractivity contribution in [2.45, 2.75) is 70.3 Å². The summed E-state index contributed by atoms with van der Waals surface area (Å²) in [5.74, 6) is 1.41. The molecule has 3 rings (SSSR count). The molecule has 0 aromatic carbocycles. The standard InChI is InChI=1S/C21H38N6OS/c1-13(9-16-10-24-18-8-6-5-7-17(16)18)25-20(28)19(22)29-21(23)27-11-14(2)26(4)15(3)12-27/h13,15-18,20,22-25,28H,2,5-12H2,1,3-4H3/t13?,15-,16?,17?,18?,20?/m1/s1. The predicted molar refractivity (Wildman–Crippen MR) is 121 cm³/mol. The molecule has 8 heteroatoms. The van der Waals surface area contributed by atoms with Crippen LogP contribution in [0.1, 0.15) is 46.0 Å². The number of hydrogen-bond donors (Lipinski definition) is 5. The van der Waals surface area contributed by atoms with Crippen molar-refractivity contribution in [3.63, 3.8) is 0 Å². The largest absolute Gasteiger partial charge is 0.372 e. The van der Waals surface area contributed by atoms with Gasteiger partial charge in [0.05, 0.1) is 6.54 Å². The number of piperazine rings is 1. The van der Waals surface area contributed by atoms with Crippen LogP contribution in [0.2, 0.25) is 0 Å². The molecular formula is C21H38N6OS. The Bertz CT molecular complexity index is 628. The maximum atomic E-state index is 10.5. The summed E-state index contributed by atoms with van der Waals surface area (Å²) in [6.45, 7) is 10.7. The molecule has 2 aliphatic heterocycles. The number of aliphatic hydroxyl groups excluding tert-OH is 1. The number of rotatable bonds is 5. The molecule has 1 saturated carbocycles. The van der Waals surface area contributed by atoms with Crippen molar-refractivity contribution in [1.29, 1.82) is 10.8 Å². The lowest BCUT2D eigenvalue weighted by Crippen LogP contribution is -2.50. The van der Waals surface area contributed by atoms with Crippen LogP contribution in [0.3, 0.4) is 0 Å². The highest BCUT2D eigenvalue weighted by Gasteiger charge is 2.37. The van der Waals surface area contributed by atoms with Crippen LogP contribution in [-0.2, 0) is 0 Å². The fourth-order valence-corrected chi connectivity index (χ4v) is 5.74. The smallest absolute Gasteiger partial charge is 0.162 e. The monoisotopic (exact) mass is 422 g/mol. The summed E-state index contributed by atoms with van der Waals surface area (Å²) in [7, 11) is 2.02. The summed E-state index contributed by atoms with van der Waals surface area (Å²) < 4.78 is 0. The molecule has 0 amide bonds. The summed E-state index contributed by atoms with van der Waals surface area (Å²) in [6.07, 6.45) is 5.27. The Balaban J connectivity index is 1.44. The Hall–Kier alpha value is -1.09. The first-order chi connectivity index (χ1) is 13.8. The molecule has 5 N–H and O–H groups in total. The molecule has 0 bridgehead atoms. The van der Waals surface area contributed by atoms with E-state index in [0.717, 1.165) is 42.9 Å². The third-order valence-corrected chi connectivity index (χ3v) is 7.82. The van der Waals surface area contributed by atoms with Gasteiger partial charge in [-0.15, -0.1) is 0 Å². The van der Waals surface area contributed by atoms with E-state index in [1.165, 1.54) is 25.7 Å². The average molecular weight is 423 g/mol. The Morgan fingerprint density at radius 2 is 2.10 bits per heavy atom. The van der Waals surface area contributed by atoms with Gasteiger partial charge in [0.1, 0.15) is 5.04 Å². The first kappa shape index (κ1) is 22.6. The summed E-state index contributed by atoms with van der Waals surface area (Å²) in [5, 5.41) is 34.3. The van der Waals surface area contributed by atoms with E-state index in [1.807, 2.05) is 11.9 Å². The zero-order chi connectivity index (χ0) is 21.1. The third kappa shape index (κ3) is 5.54. The third-order valence-electron chi connectivity index (χ3n) is 6.93. The number of fused-ring (bicyclic) bond motifs is 1. The fraction of sp³-hybridized carbons (Fsp3) is 0.810. The molecule has 3 fully saturated rings. The molecule has 1 aliphatic carbocycles. The SMILES string of the molecule is C=C1CN(C(=N)SC(=N)C(O)NC(C)CC2CNC3CCCCC23)C[C@@H](C)N1C. The second-order valence-corrected chi connectivity index (χ2v) is 10.1. The quantitative estimate of drug-likeness (QED) is 0.265. The van der Waals surface area contributed by atoms with Crippen LogP contribution >= 0.6 is 11.8 Å². The first-order valence-corrected chi connectivity index (χ1v) is 11.8. The van der Waals surface area contributed by atoms with Crippen LogP contribution < -0.4 is 10.6 Å². The van der Waals surface area contributed by atoms with Crippen molar-refractivity contribution in [2.75, 3.05) is 26.7 Å². The van der Waals surface area contributed by atoms with Gasteiger partial charge in [-0.1, -0.05) is 19.4 Å². The van der Waals surface area contributed by atoms with Gasteiger partial charge in [-0.05, 0) is 63.3 Å². The van der Waals surface area contributed by atoms with Crippen LogP contribution in [-0.4, -0.2) is 76.2 Å². The topological polar surface area (TPSA) is 98.5 Å². The maximum Gasteiger partial charge on any atom is 0.162 e. The molecule has 164 valence electrons. The molecule has 0 spiro atoms. The minimum Gasteiger partial charge on any atom is -0.372 e. The molecule has 29 heavy (non-hydrogen) atoms. The van der Waals surface area contributed by atoms with Crippen molar-refractivity contribution in [3.05, 3.63) is 12.3 Å². The molecule has 0 aromatic rings. The van der Waals surface area contributed by atoms with Gasteiger partial charge < -0.3 is 20.2 Å². The number of thioether (sulfide) groups is 1. The lowest BCUT2D eigenvalue weighted by atomic mass is 9.78. The van der Waals surface area contributed by atoms with E-state index < -0.39 is 6.23 Å². The Morgan fingerprint density at radius 1 is 1.38 bits per heavy atom. The van der Waals surface area contributed by atoms with Crippen molar-refractivity contribution >= 4 is 22.0 Å². The number of nitrogens with zero attached hydrogens (tertiary/aromatic N) is 2. The molecule has 2 saturated heterocycles. The second kappa shape index (κ2) is 9.81. The van der Waals surface area contributed by atoms with Gasteiger partial charge in [0.15, 0.2) is 11.4 Å². The number of amidine groups is 1. The van der Waals surface area contributed by atoms with Crippen LogP contribution in [0.25, 0.3) is 0 Å². The van der Waals surface area contributed by atoms with E-state index >= 15 is 0 Å². The molecule has 0 radical (unpaired) electrons. The molecule has 7 nitrogen and oxygen atoms in total. The average Bonchev–Trinajstić information content (AvgIpc) is 3.08. The highest BCUT2D eigenvalue weighted by atomic mass is 32.2. The normalized spacial score (nSPS) is 32.1. The lowest BCUT2D eigenvalue weighted by molar-refractivity contribution is 0.174. The van der Waals surface area contributed by atoms with Gasteiger partial charge in [-0.25, -0.2) is 0 Å². The van der Waals surface area contributed by atoms with Gasteiger partial charge in [0, 0.05) is 37.4 Å². The second-order valence-electron chi connectivity index (χ2n) is 9.11. The molecule has 0 aromatic heterocycles. The highest BCUT2D eigenvalue weighted by Crippen LogP contribution is 2.36. The minimum absolute atomic E-state index is 0.0825. The molecular weight excluding hydrogens is 384 g/mol. The number of aliphatic hydroxyl groups is 1. The number of nitrogens with one attached hydrogen (secondary N) is 4. The zero-order valence-electron chi connectivity index (χ0n) is 18.1. The molecule has 6 atom stereocenters. The van der Waals surface area contributed by atoms with Crippen LogP contribution in [0.4, 0.5) is 0 Å². The van der Waals surface area contributed by atoms with Crippen molar-refractivity contribution < 1.29 is 5.11 Å². The number of likely N-dealkylation sites (N-methyl/N-ethyl adjacent to an activating group) is 1. The molecule has 3 aliphatic rings. The van der Waals surface area contributed by atoms with Crippen LogP contribution in [0.15, 0.2) is 12.3 Å². The fourth-order valence-electron chi connectivity index (χ4n) is 5.09. The minimum atomic E-state index is -1.03.